The zero-order valence-corrected chi connectivity index (χ0v) is 19.5. The molecule has 32 heavy (non-hydrogen) atoms. The van der Waals surface area contributed by atoms with Gasteiger partial charge >= 0.3 is 0 Å². The van der Waals surface area contributed by atoms with E-state index in [-0.39, 0.29) is 11.7 Å². The van der Waals surface area contributed by atoms with Crippen LogP contribution in [0.2, 0.25) is 0 Å². The Hall–Kier alpha value is -3.32. The first kappa shape index (κ1) is 21.9. The molecule has 0 N–H and O–H groups in total. The van der Waals surface area contributed by atoms with Crippen molar-refractivity contribution in [1.82, 2.24) is 19.7 Å². The maximum Gasteiger partial charge on any atom is 0.233 e. The van der Waals surface area contributed by atoms with E-state index in [1.54, 1.807) is 11.9 Å². The summed E-state index contributed by atoms with van der Waals surface area (Å²) >= 11 is 1.39. The summed E-state index contributed by atoms with van der Waals surface area (Å²) in [6.07, 6.45) is 0. The molecule has 164 valence electrons. The quantitative estimate of drug-likeness (QED) is 0.365. The maximum atomic E-state index is 12.8. The Morgan fingerprint density at radius 3 is 2.47 bits per heavy atom. The van der Waals surface area contributed by atoms with E-state index in [4.69, 9.17) is 4.42 Å². The van der Waals surface area contributed by atoms with E-state index in [1.165, 1.54) is 22.9 Å². The molecule has 0 radical (unpaired) electrons. The minimum Gasteiger partial charge on any atom is -0.464 e. The van der Waals surface area contributed by atoms with E-state index < -0.39 is 0 Å². The zero-order chi connectivity index (χ0) is 22.7. The van der Waals surface area contributed by atoms with Gasteiger partial charge < -0.3 is 9.32 Å². The van der Waals surface area contributed by atoms with Gasteiger partial charge in [-0.1, -0.05) is 48.2 Å². The lowest BCUT2D eigenvalue weighted by Crippen LogP contribution is -2.27. The molecule has 0 aliphatic heterocycles. The van der Waals surface area contributed by atoms with Crippen LogP contribution in [0.1, 0.15) is 22.6 Å². The van der Waals surface area contributed by atoms with Gasteiger partial charge in [-0.05, 0) is 56.2 Å². The second kappa shape index (κ2) is 9.44. The summed E-state index contributed by atoms with van der Waals surface area (Å²) < 4.78 is 7.61. The van der Waals surface area contributed by atoms with E-state index in [2.05, 4.69) is 42.2 Å². The number of hydrogen-bond acceptors (Lipinski definition) is 5. The summed E-state index contributed by atoms with van der Waals surface area (Å²) in [5, 5.41) is 9.57. The van der Waals surface area contributed by atoms with E-state index in [0.29, 0.717) is 11.7 Å². The molecule has 0 atom stereocenters. The molecule has 0 unspecified atom stereocenters. The molecule has 0 aliphatic rings. The molecule has 2 aromatic carbocycles. The molecule has 7 heteroatoms. The van der Waals surface area contributed by atoms with Crippen molar-refractivity contribution >= 4 is 17.7 Å². The van der Waals surface area contributed by atoms with Crippen LogP contribution in [-0.4, -0.2) is 38.4 Å². The second-order valence-corrected chi connectivity index (χ2v) is 8.77. The first-order valence-electron chi connectivity index (χ1n) is 10.4. The summed E-state index contributed by atoms with van der Waals surface area (Å²) in [6.45, 7) is 6.51. The van der Waals surface area contributed by atoms with Gasteiger partial charge in [0.1, 0.15) is 11.5 Å². The van der Waals surface area contributed by atoms with Crippen molar-refractivity contribution in [2.24, 2.45) is 0 Å². The van der Waals surface area contributed by atoms with Gasteiger partial charge in [-0.3, -0.25) is 9.36 Å². The van der Waals surface area contributed by atoms with Crippen LogP contribution >= 0.6 is 11.8 Å². The van der Waals surface area contributed by atoms with Crippen molar-refractivity contribution in [2.75, 3.05) is 12.8 Å². The molecule has 4 rings (SSSR count). The predicted molar refractivity (Wildman–Crippen MR) is 127 cm³/mol. The third kappa shape index (κ3) is 4.78. The Bertz CT molecular complexity index is 1230. The molecule has 2 heterocycles. The van der Waals surface area contributed by atoms with Crippen LogP contribution in [0, 0.1) is 20.8 Å². The van der Waals surface area contributed by atoms with Crippen molar-refractivity contribution in [3.8, 4) is 17.1 Å². The highest BCUT2D eigenvalue weighted by molar-refractivity contribution is 7.99. The smallest absolute Gasteiger partial charge is 0.233 e. The number of furan rings is 1. The van der Waals surface area contributed by atoms with Crippen LogP contribution in [0.3, 0.4) is 0 Å². The Morgan fingerprint density at radius 2 is 1.78 bits per heavy atom. The molecule has 2 aromatic heterocycles. The van der Waals surface area contributed by atoms with Crippen LogP contribution in [0.15, 0.2) is 70.2 Å². The highest BCUT2D eigenvalue weighted by Gasteiger charge is 2.19. The van der Waals surface area contributed by atoms with E-state index in [0.717, 1.165) is 28.6 Å². The largest absolute Gasteiger partial charge is 0.464 e. The number of benzene rings is 2. The lowest BCUT2D eigenvalue weighted by atomic mass is 10.1. The number of amides is 1. The Balaban J connectivity index is 1.58. The molecular formula is C25H26N4O2S. The number of hydrogen-bond donors (Lipinski definition) is 0. The van der Waals surface area contributed by atoms with Crippen LogP contribution in [0.4, 0.5) is 0 Å². The minimum atomic E-state index is -0.0000455. The fourth-order valence-electron chi connectivity index (χ4n) is 3.36. The van der Waals surface area contributed by atoms with E-state index in [9.17, 15) is 4.79 Å². The van der Waals surface area contributed by atoms with Crippen molar-refractivity contribution < 1.29 is 9.21 Å². The highest BCUT2D eigenvalue weighted by Crippen LogP contribution is 2.29. The number of carbonyl (C=O) groups is 1. The first-order chi connectivity index (χ1) is 15.4. The third-order valence-electron chi connectivity index (χ3n) is 5.35. The number of aryl methyl sites for hydroxylation is 3. The molecule has 0 bridgehead atoms. The van der Waals surface area contributed by atoms with Gasteiger partial charge in [0, 0.05) is 12.6 Å². The molecule has 0 aliphatic carbocycles. The average Bonchev–Trinajstić information content (AvgIpc) is 3.40. The van der Waals surface area contributed by atoms with E-state index >= 15 is 0 Å². The summed E-state index contributed by atoms with van der Waals surface area (Å²) in [5.74, 6) is 2.62. The van der Waals surface area contributed by atoms with Crippen molar-refractivity contribution in [2.45, 2.75) is 32.5 Å². The molecule has 0 fully saturated rings. The standard InChI is InChI=1S/C25H26N4O2S/c1-17-10-12-21(14-18(17)2)29-24(20-8-6-5-7-9-20)26-27-25(29)32-16-23(30)28(4)15-22-13-11-19(3)31-22/h5-14H,15-16H2,1-4H3. The van der Waals surface area contributed by atoms with Gasteiger partial charge in [0.15, 0.2) is 11.0 Å². The number of thioether (sulfide) groups is 1. The summed E-state index contributed by atoms with van der Waals surface area (Å²) in [6, 6.07) is 20.1. The molecular weight excluding hydrogens is 420 g/mol. The van der Waals surface area contributed by atoms with Gasteiger partial charge in [-0.15, -0.1) is 10.2 Å². The fourth-order valence-corrected chi connectivity index (χ4v) is 4.26. The van der Waals surface area contributed by atoms with Crippen LogP contribution < -0.4 is 0 Å². The molecule has 0 saturated carbocycles. The SMILES string of the molecule is Cc1ccc(CN(C)C(=O)CSc2nnc(-c3ccccc3)n2-c2ccc(C)c(C)c2)o1. The van der Waals surface area contributed by atoms with Gasteiger partial charge in [0.25, 0.3) is 0 Å². The Kier molecular flexibility index (Phi) is 6.46. The first-order valence-corrected chi connectivity index (χ1v) is 11.4. The van der Waals surface area contributed by atoms with E-state index in [1.807, 2.05) is 54.0 Å². The number of rotatable bonds is 7. The molecule has 0 spiro atoms. The molecule has 6 nitrogen and oxygen atoms in total. The third-order valence-corrected chi connectivity index (χ3v) is 6.27. The molecule has 1 amide bonds. The summed E-state index contributed by atoms with van der Waals surface area (Å²) in [5.41, 5.74) is 4.37. The average molecular weight is 447 g/mol. The lowest BCUT2D eigenvalue weighted by Gasteiger charge is -2.16. The summed E-state index contributed by atoms with van der Waals surface area (Å²) in [7, 11) is 1.78. The van der Waals surface area contributed by atoms with Crippen molar-refractivity contribution in [1.29, 1.82) is 0 Å². The predicted octanol–water partition coefficient (Wildman–Crippen LogP) is 5.20. The number of nitrogens with zero attached hydrogens (tertiary/aromatic N) is 4. The number of carbonyl (C=O) groups excluding carboxylic acids is 1. The topological polar surface area (TPSA) is 64.2 Å². The minimum absolute atomic E-state index is 0.0000455. The zero-order valence-electron chi connectivity index (χ0n) is 18.7. The van der Waals surface area contributed by atoms with Crippen LogP contribution in [0.25, 0.3) is 17.1 Å². The van der Waals surface area contributed by atoms with Crippen molar-refractivity contribution in [3.63, 3.8) is 0 Å². The van der Waals surface area contributed by atoms with Gasteiger partial charge in [0.05, 0.1) is 18.0 Å². The van der Waals surface area contributed by atoms with Gasteiger partial charge in [0.2, 0.25) is 5.91 Å². The van der Waals surface area contributed by atoms with Crippen molar-refractivity contribution in [3.05, 3.63) is 83.3 Å². The lowest BCUT2D eigenvalue weighted by molar-refractivity contribution is -0.127. The Morgan fingerprint density at radius 1 is 1.00 bits per heavy atom. The normalized spacial score (nSPS) is 11.0. The van der Waals surface area contributed by atoms with Crippen LogP contribution in [0.5, 0.6) is 0 Å². The second-order valence-electron chi connectivity index (χ2n) is 7.83. The summed E-state index contributed by atoms with van der Waals surface area (Å²) in [4.78, 5) is 14.4. The van der Waals surface area contributed by atoms with Crippen LogP contribution in [-0.2, 0) is 11.3 Å². The number of aromatic nitrogens is 3. The molecule has 0 saturated heterocycles. The monoisotopic (exact) mass is 446 g/mol. The van der Waals surface area contributed by atoms with Gasteiger partial charge in [-0.2, -0.15) is 0 Å². The highest BCUT2D eigenvalue weighted by atomic mass is 32.2. The van der Waals surface area contributed by atoms with Gasteiger partial charge in [-0.25, -0.2) is 0 Å². The fraction of sp³-hybridized carbons (Fsp3) is 0.240. The maximum absolute atomic E-state index is 12.8. The molecule has 4 aromatic rings. The Labute approximate surface area is 192 Å².